The molecule has 1 aliphatic carbocycles. The number of H-pyrrole nitrogens is 1. The van der Waals surface area contributed by atoms with Gasteiger partial charge in [0, 0.05) is 24.2 Å². The predicted molar refractivity (Wildman–Crippen MR) is 119 cm³/mol. The molecule has 9 heteroatoms. The zero-order valence-corrected chi connectivity index (χ0v) is 19.1. The number of likely N-dealkylation sites (tertiary alicyclic amines) is 1. The van der Waals surface area contributed by atoms with Crippen LogP contribution in [0, 0.1) is 5.92 Å². The minimum absolute atomic E-state index is 0.0593. The minimum Gasteiger partial charge on any atom is -0.477 e. The molecule has 2 amide bonds. The number of carbonyl (C=O) groups excluding carboxylic acids is 2. The van der Waals surface area contributed by atoms with E-state index < -0.39 is 11.5 Å². The van der Waals surface area contributed by atoms with Crippen LogP contribution in [0.2, 0.25) is 0 Å². The van der Waals surface area contributed by atoms with E-state index in [9.17, 15) is 19.5 Å². The lowest BCUT2D eigenvalue weighted by Crippen LogP contribution is -2.46. The van der Waals surface area contributed by atoms with Crippen LogP contribution in [0.4, 0.5) is 0 Å². The number of hydrogen-bond donors (Lipinski definition) is 3. The van der Waals surface area contributed by atoms with Gasteiger partial charge in [0.25, 0.3) is 5.91 Å². The van der Waals surface area contributed by atoms with Crippen molar-refractivity contribution in [2.24, 2.45) is 5.92 Å². The number of aromatic nitrogens is 3. The number of nitrogens with zero attached hydrogens (tertiary/aromatic N) is 3. The van der Waals surface area contributed by atoms with Crippen LogP contribution in [0.1, 0.15) is 69.3 Å². The molecule has 2 aromatic rings. The van der Waals surface area contributed by atoms with Crippen molar-refractivity contribution in [1.82, 2.24) is 19.8 Å². The summed E-state index contributed by atoms with van der Waals surface area (Å²) in [5.41, 5.74) is 0.0995. The average Bonchev–Trinajstić information content (AvgIpc) is 3.32. The first-order valence-electron chi connectivity index (χ1n) is 11.4. The zero-order chi connectivity index (χ0) is 23.2. The topological polar surface area (TPSA) is 111 Å². The maximum absolute atomic E-state index is 13.1. The van der Waals surface area contributed by atoms with E-state index in [1.54, 1.807) is 16.8 Å². The molecule has 4 rings (SSSR count). The fraction of sp³-hybridized carbons (Fsp3) is 0.565. The summed E-state index contributed by atoms with van der Waals surface area (Å²) in [5.74, 6) is -0.861. The number of rotatable bonds is 6. The van der Waals surface area contributed by atoms with Crippen molar-refractivity contribution in [3.05, 3.63) is 33.8 Å². The van der Waals surface area contributed by atoms with Crippen LogP contribution in [0.3, 0.4) is 0 Å². The summed E-state index contributed by atoms with van der Waals surface area (Å²) in [5, 5.41) is 16.6. The highest BCUT2D eigenvalue weighted by Crippen LogP contribution is 2.24. The van der Waals surface area contributed by atoms with Gasteiger partial charge in [-0.25, -0.2) is 9.89 Å². The molecule has 0 aromatic carbocycles. The molecular weight excluding hydrogens is 410 g/mol. The summed E-state index contributed by atoms with van der Waals surface area (Å²) >= 11 is 0. The Labute approximate surface area is 186 Å². The molecule has 2 aliphatic rings. The maximum atomic E-state index is 13.1. The Morgan fingerprint density at radius 2 is 1.91 bits per heavy atom. The SMILES string of the molecule is CC(C)C[n+]1c(O)c(C(=O)NC2CC2)c(=O)n2[nH]cc(/C=C/C(=O)N3[C@@H](C)CC[C@@H]3C)c21. The Morgan fingerprint density at radius 1 is 1.25 bits per heavy atom. The molecule has 2 aromatic heterocycles. The smallest absolute Gasteiger partial charge is 0.378 e. The van der Waals surface area contributed by atoms with Crippen molar-refractivity contribution >= 4 is 23.5 Å². The minimum atomic E-state index is -0.622. The van der Waals surface area contributed by atoms with Crippen LogP contribution in [-0.4, -0.2) is 49.6 Å². The number of aromatic amines is 1. The molecule has 9 nitrogen and oxygen atoms in total. The lowest BCUT2D eigenvalue weighted by atomic mass is 10.2. The highest BCUT2D eigenvalue weighted by Gasteiger charge is 2.34. The molecule has 3 N–H and O–H groups in total. The predicted octanol–water partition coefficient (Wildman–Crippen LogP) is 1.58. The average molecular weight is 443 g/mol. The van der Waals surface area contributed by atoms with Gasteiger partial charge < -0.3 is 15.3 Å². The Morgan fingerprint density at radius 3 is 2.50 bits per heavy atom. The number of aromatic hydroxyl groups is 1. The molecular formula is C23H32N5O4+. The van der Waals surface area contributed by atoms with Gasteiger partial charge in [0.15, 0.2) is 0 Å². The van der Waals surface area contributed by atoms with Crippen molar-refractivity contribution in [3.8, 4) is 5.88 Å². The van der Waals surface area contributed by atoms with Crippen LogP contribution in [0.15, 0.2) is 17.1 Å². The molecule has 0 radical (unpaired) electrons. The molecule has 32 heavy (non-hydrogen) atoms. The summed E-state index contributed by atoms with van der Waals surface area (Å²) in [4.78, 5) is 40.4. The van der Waals surface area contributed by atoms with Gasteiger partial charge in [-0.1, -0.05) is 18.4 Å². The molecule has 3 heterocycles. The van der Waals surface area contributed by atoms with Gasteiger partial charge in [0.1, 0.15) is 0 Å². The number of carbonyl (C=O) groups is 2. The zero-order valence-electron chi connectivity index (χ0n) is 19.1. The number of nitrogens with one attached hydrogen (secondary N) is 2. The summed E-state index contributed by atoms with van der Waals surface area (Å²) in [6.45, 7) is 8.46. The van der Waals surface area contributed by atoms with E-state index in [1.165, 1.54) is 10.6 Å². The van der Waals surface area contributed by atoms with Gasteiger partial charge in [0.05, 0.1) is 18.3 Å². The first kappa shape index (κ1) is 22.1. The molecule has 0 unspecified atom stereocenters. The second-order valence-electron chi connectivity index (χ2n) is 9.50. The second kappa shape index (κ2) is 8.44. The molecule has 1 aliphatic heterocycles. The van der Waals surface area contributed by atoms with Gasteiger partial charge in [-0.05, 0) is 51.5 Å². The Hall–Kier alpha value is -3.10. The van der Waals surface area contributed by atoms with E-state index in [1.807, 2.05) is 32.6 Å². The van der Waals surface area contributed by atoms with Crippen molar-refractivity contribution in [2.75, 3.05) is 0 Å². The van der Waals surface area contributed by atoms with Crippen molar-refractivity contribution in [2.45, 2.75) is 78.0 Å². The van der Waals surface area contributed by atoms with Gasteiger partial charge in [-0.3, -0.25) is 9.59 Å². The maximum Gasteiger partial charge on any atom is 0.378 e. The summed E-state index contributed by atoms with van der Waals surface area (Å²) in [6.07, 6.45) is 8.50. The highest BCUT2D eigenvalue weighted by atomic mass is 16.3. The summed E-state index contributed by atoms with van der Waals surface area (Å²) in [6, 6.07) is 0.439. The molecule has 1 saturated carbocycles. The van der Waals surface area contributed by atoms with Gasteiger partial charge in [-0.15, -0.1) is 0 Å². The van der Waals surface area contributed by atoms with Crippen molar-refractivity contribution in [1.29, 1.82) is 0 Å². The molecule has 172 valence electrons. The standard InChI is InChI=1S/C23H31N5O4/c1-13(2)12-26-21-16(7-10-18(29)27-14(3)5-6-15(27)4)11-24-28(21)23(32)19(22(26)31)20(30)25-17-8-9-17/h7,10-11,13-15,17H,5-6,8-9,12H2,1-4H3,(H2,25,30,31,32)/p+1/b10-7+/t14-,15-/m0/s1. The molecule has 0 bridgehead atoms. The first-order chi connectivity index (χ1) is 15.2. The quantitative estimate of drug-likeness (QED) is 0.466. The van der Waals surface area contributed by atoms with Crippen molar-refractivity contribution < 1.29 is 19.3 Å². The molecule has 2 fully saturated rings. The molecule has 0 spiro atoms. The normalized spacial score (nSPS) is 21.2. The number of hydrogen-bond acceptors (Lipinski definition) is 4. The van der Waals surface area contributed by atoms with E-state index >= 15 is 0 Å². The van der Waals surface area contributed by atoms with E-state index in [2.05, 4.69) is 10.4 Å². The lowest BCUT2D eigenvalue weighted by Gasteiger charge is -2.24. The van der Waals surface area contributed by atoms with E-state index in [0.717, 1.165) is 25.7 Å². The van der Waals surface area contributed by atoms with Crippen molar-refractivity contribution in [3.63, 3.8) is 0 Å². The fourth-order valence-corrected chi connectivity index (χ4v) is 4.48. The van der Waals surface area contributed by atoms with Gasteiger partial charge >= 0.3 is 17.1 Å². The third-order valence-electron chi connectivity index (χ3n) is 6.27. The lowest BCUT2D eigenvalue weighted by molar-refractivity contribution is -0.686. The largest absolute Gasteiger partial charge is 0.477 e. The van der Waals surface area contributed by atoms with Crippen LogP contribution in [-0.2, 0) is 11.3 Å². The number of amides is 2. The fourth-order valence-electron chi connectivity index (χ4n) is 4.48. The van der Waals surface area contributed by atoms with Gasteiger partial charge in [0.2, 0.25) is 11.5 Å². The van der Waals surface area contributed by atoms with Crippen LogP contribution < -0.4 is 15.4 Å². The second-order valence-corrected chi connectivity index (χ2v) is 9.50. The Kier molecular flexibility index (Phi) is 5.83. The molecule has 2 atom stereocenters. The van der Waals surface area contributed by atoms with Crippen LogP contribution >= 0.6 is 0 Å². The third-order valence-corrected chi connectivity index (χ3v) is 6.27. The van der Waals surface area contributed by atoms with Crippen LogP contribution in [0.5, 0.6) is 5.88 Å². The van der Waals surface area contributed by atoms with E-state index in [0.29, 0.717) is 17.8 Å². The van der Waals surface area contributed by atoms with E-state index in [4.69, 9.17) is 0 Å². The molecule has 1 saturated heterocycles. The Balaban J connectivity index is 1.77. The third kappa shape index (κ3) is 4.03. The summed E-state index contributed by atoms with van der Waals surface area (Å²) in [7, 11) is 0. The monoisotopic (exact) mass is 442 g/mol. The summed E-state index contributed by atoms with van der Waals surface area (Å²) < 4.78 is 2.82. The van der Waals surface area contributed by atoms with Crippen LogP contribution in [0.25, 0.3) is 11.7 Å². The highest BCUT2D eigenvalue weighted by molar-refractivity contribution is 5.96. The van der Waals surface area contributed by atoms with Gasteiger partial charge in [-0.2, -0.15) is 4.57 Å². The first-order valence-corrected chi connectivity index (χ1v) is 11.4. The van der Waals surface area contributed by atoms with E-state index in [-0.39, 0.29) is 41.4 Å². The number of fused-ring (bicyclic) bond motifs is 1. The Bertz CT molecular complexity index is 1130.